The quantitative estimate of drug-likeness (QED) is 0.434. The highest BCUT2D eigenvalue weighted by molar-refractivity contribution is 5.92. The number of oxazole rings is 1. The molecule has 0 atom stereocenters. The van der Waals surface area contributed by atoms with E-state index in [1.807, 2.05) is 29.2 Å². The van der Waals surface area contributed by atoms with Crippen LogP contribution in [0.3, 0.4) is 0 Å². The monoisotopic (exact) mass is 530 g/mol. The summed E-state index contributed by atoms with van der Waals surface area (Å²) in [6.45, 7) is 4.00. The Morgan fingerprint density at radius 2 is 1.63 bits per heavy atom. The van der Waals surface area contributed by atoms with E-state index in [2.05, 4.69) is 4.98 Å². The highest BCUT2D eigenvalue weighted by atomic mass is 19.4. The van der Waals surface area contributed by atoms with E-state index in [1.165, 1.54) is 19.3 Å². The smallest absolute Gasteiger partial charge is 0.416 e. The Balaban J connectivity index is 1.49. The molecule has 1 aliphatic heterocycles. The molecule has 11 heteroatoms. The number of halogens is 3. The zero-order valence-electron chi connectivity index (χ0n) is 21.2. The molecule has 2 amide bonds. The molecule has 202 valence electrons. The number of hydrogen-bond acceptors (Lipinski definition) is 6. The van der Waals surface area contributed by atoms with Gasteiger partial charge >= 0.3 is 6.18 Å². The SMILES string of the molecule is COc1ccc(CN(Cc2cccc(C(F)(F)F)c2)Cc2nc(C(=O)N3CCN(C(C)=O)CC3)co2)cc1. The number of benzene rings is 2. The molecular weight excluding hydrogens is 501 g/mol. The van der Waals surface area contributed by atoms with Crippen LogP contribution in [-0.4, -0.2) is 64.8 Å². The molecule has 38 heavy (non-hydrogen) atoms. The average molecular weight is 531 g/mol. The van der Waals surface area contributed by atoms with Crippen molar-refractivity contribution in [3.63, 3.8) is 0 Å². The first kappa shape index (κ1) is 27.2. The molecular formula is C27H29F3N4O4. The number of amides is 2. The summed E-state index contributed by atoms with van der Waals surface area (Å²) in [5.41, 5.74) is 0.844. The molecule has 3 aromatic rings. The molecule has 0 saturated carbocycles. The van der Waals surface area contributed by atoms with Crippen LogP contribution >= 0.6 is 0 Å². The minimum Gasteiger partial charge on any atom is -0.497 e. The van der Waals surface area contributed by atoms with Crippen molar-refractivity contribution in [1.82, 2.24) is 19.7 Å². The molecule has 0 unspecified atom stereocenters. The maximum atomic E-state index is 13.3. The number of rotatable bonds is 8. The summed E-state index contributed by atoms with van der Waals surface area (Å²) in [5.74, 6) is 0.649. The van der Waals surface area contributed by atoms with Crippen molar-refractivity contribution in [3.05, 3.63) is 83.1 Å². The van der Waals surface area contributed by atoms with Crippen LogP contribution in [0.5, 0.6) is 5.75 Å². The van der Waals surface area contributed by atoms with E-state index in [9.17, 15) is 22.8 Å². The molecule has 1 aromatic heterocycles. The lowest BCUT2D eigenvalue weighted by molar-refractivity contribution is -0.137. The van der Waals surface area contributed by atoms with Gasteiger partial charge in [0, 0.05) is 46.2 Å². The van der Waals surface area contributed by atoms with Crippen LogP contribution < -0.4 is 4.74 Å². The summed E-state index contributed by atoms with van der Waals surface area (Å²) in [6, 6.07) is 12.6. The van der Waals surface area contributed by atoms with Crippen molar-refractivity contribution in [2.75, 3.05) is 33.3 Å². The molecule has 1 aliphatic rings. The topological polar surface area (TPSA) is 79.1 Å². The van der Waals surface area contributed by atoms with E-state index in [0.717, 1.165) is 17.7 Å². The fraction of sp³-hybridized carbons (Fsp3) is 0.370. The molecule has 0 bridgehead atoms. The van der Waals surface area contributed by atoms with E-state index in [-0.39, 0.29) is 36.5 Å². The predicted molar refractivity (Wildman–Crippen MR) is 132 cm³/mol. The van der Waals surface area contributed by atoms with Crippen LogP contribution in [-0.2, 0) is 30.6 Å². The summed E-state index contributed by atoms with van der Waals surface area (Å²) in [4.78, 5) is 34.0. The lowest BCUT2D eigenvalue weighted by Crippen LogP contribution is -2.50. The molecule has 0 aliphatic carbocycles. The van der Waals surface area contributed by atoms with Gasteiger partial charge in [-0.15, -0.1) is 0 Å². The average Bonchev–Trinajstić information content (AvgIpc) is 3.37. The summed E-state index contributed by atoms with van der Waals surface area (Å²) < 4.78 is 50.6. The maximum Gasteiger partial charge on any atom is 0.416 e. The largest absolute Gasteiger partial charge is 0.497 e. The number of carbonyl (C=O) groups excluding carboxylic acids is 2. The van der Waals surface area contributed by atoms with Gasteiger partial charge in [-0.1, -0.05) is 30.3 Å². The first-order valence-electron chi connectivity index (χ1n) is 12.1. The predicted octanol–water partition coefficient (Wildman–Crippen LogP) is 4.21. The second kappa shape index (κ2) is 11.7. The number of aromatic nitrogens is 1. The Labute approximate surface area is 218 Å². The lowest BCUT2D eigenvalue weighted by Gasteiger charge is -2.33. The molecule has 8 nitrogen and oxygen atoms in total. The number of hydrogen-bond donors (Lipinski definition) is 0. The van der Waals surface area contributed by atoms with Crippen LogP contribution in [0, 0.1) is 0 Å². The second-order valence-corrected chi connectivity index (χ2v) is 9.12. The molecule has 0 spiro atoms. The van der Waals surface area contributed by atoms with Gasteiger partial charge in [-0.25, -0.2) is 4.98 Å². The van der Waals surface area contributed by atoms with Crippen LogP contribution in [0.25, 0.3) is 0 Å². The van der Waals surface area contributed by atoms with Gasteiger partial charge in [0.1, 0.15) is 12.0 Å². The maximum absolute atomic E-state index is 13.3. The van der Waals surface area contributed by atoms with Gasteiger partial charge in [-0.3, -0.25) is 14.5 Å². The van der Waals surface area contributed by atoms with Crippen molar-refractivity contribution in [2.24, 2.45) is 0 Å². The van der Waals surface area contributed by atoms with E-state index in [4.69, 9.17) is 9.15 Å². The van der Waals surface area contributed by atoms with Crippen molar-refractivity contribution in [3.8, 4) is 5.75 Å². The number of methoxy groups -OCH3 is 1. The third-order valence-corrected chi connectivity index (χ3v) is 6.37. The van der Waals surface area contributed by atoms with Gasteiger partial charge in [-0.2, -0.15) is 13.2 Å². The number of ether oxygens (including phenoxy) is 1. The van der Waals surface area contributed by atoms with Crippen molar-refractivity contribution in [1.29, 1.82) is 0 Å². The first-order valence-corrected chi connectivity index (χ1v) is 12.1. The van der Waals surface area contributed by atoms with Gasteiger partial charge in [0.2, 0.25) is 11.8 Å². The second-order valence-electron chi connectivity index (χ2n) is 9.12. The number of nitrogens with zero attached hydrogens (tertiary/aromatic N) is 4. The van der Waals surface area contributed by atoms with E-state index in [0.29, 0.717) is 44.0 Å². The Kier molecular flexibility index (Phi) is 8.35. The molecule has 2 heterocycles. The minimum atomic E-state index is -4.44. The highest BCUT2D eigenvalue weighted by Crippen LogP contribution is 2.30. The van der Waals surface area contributed by atoms with Gasteiger partial charge in [-0.05, 0) is 29.3 Å². The summed E-state index contributed by atoms with van der Waals surface area (Å²) in [7, 11) is 1.57. The zero-order valence-corrected chi connectivity index (χ0v) is 21.2. The fourth-order valence-corrected chi connectivity index (χ4v) is 4.32. The van der Waals surface area contributed by atoms with Gasteiger partial charge < -0.3 is 19.0 Å². The summed E-state index contributed by atoms with van der Waals surface area (Å²) in [5, 5.41) is 0. The van der Waals surface area contributed by atoms with Crippen LogP contribution in [0.15, 0.2) is 59.2 Å². The van der Waals surface area contributed by atoms with Crippen molar-refractivity contribution in [2.45, 2.75) is 32.7 Å². The Bertz CT molecular complexity index is 1250. The molecule has 0 N–H and O–H groups in total. The van der Waals surface area contributed by atoms with Gasteiger partial charge in [0.25, 0.3) is 5.91 Å². The van der Waals surface area contributed by atoms with Crippen LogP contribution in [0.2, 0.25) is 0 Å². The highest BCUT2D eigenvalue weighted by Gasteiger charge is 2.30. The van der Waals surface area contributed by atoms with Crippen molar-refractivity contribution < 1.29 is 31.9 Å². The molecule has 0 radical (unpaired) electrons. The van der Waals surface area contributed by atoms with Crippen LogP contribution in [0.1, 0.15) is 40.0 Å². The van der Waals surface area contributed by atoms with Crippen LogP contribution in [0.4, 0.5) is 13.2 Å². The van der Waals surface area contributed by atoms with Gasteiger partial charge in [0.15, 0.2) is 5.69 Å². The Hall–Kier alpha value is -3.86. The van der Waals surface area contributed by atoms with E-state index < -0.39 is 11.7 Å². The Morgan fingerprint density at radius 3 is 2.26 bits per heavy atom. The number of alkyl halides is 3. The van der Waals surface area contributed by atoms with Gasteiger partial charge in [0.05, 0.1) is 19.2 Å². The number of carbonyl (C=O) groups is 2. The normalized spacial score (nSPS) is 14.2. The molecule has 2 aromatic carbocycles. The standard InChI is InChI=1S/C27H29F3N4O4/c1-19(35)33-10-12-34(13-11-33)26(36)24-18-38-25(31-24)17-32(15-20-6-8-23(37-2)9-7-20)16-21-4-3-5-22(14-21)27(28,29)30/h3-9,14,18H,10-13,15-17H2,1-2H3. The van der Waals surface area contributed by atoms with E-state index in [1.54, 1.807) is 23.0 Å². The summed E-state index contributed by atoms with van der Waals surface area (Å²) >= 11 is 0. The first-order chi connectivity index (χ1) is 18.1. The number of piperazine rings is 1. The Morgan fingerprint density at radius 1 is 0.974 bits per heavy atom. The van der Waals surface area contributed by atoms with E-state index >= 15 is 0 Å². The third kappa shape index (κ3) is 6.91. The third-order valence-electron chi connectivity index (χ3n) is 6.37. The zero-order chi connectivity index (χ0) is 27.3. The summed E-state index contributed by atoms with van der Waals surface area (Å²) in [6.07, 6.45) is -3.14. The van der Waals surface area contributed by atoms with Crippen molar-refractivity contribution >= 4 is 11.8 Å². The lowest BCUT2D eigenvalue weighted by atomic mass is 10.1. The minimum absolute atomic E-state index is 0.0291. The molecule has 4 rings (SSSR count). The molecule has 1 saturated heterocycles. The fourth-order valence-electron chi connectivity index (χ4n) is 4.32. The molecule has 1 fully saturated rings.